The van der Waals surface area contributed by atoms with Crippen LogP contribution < -0.4 is 25.8 Å². The maximum Gasteiger partial charge on any atom is 0.251 e. The van der Waals surface area contributed by atoms with Crippen molar-refractivity contribution < 1.29 is 28.9 Å². The van der Waals surface area contributed by atoms with Crippen LogP contribution in [0.5, 0.6) is 11.5 Å². The number of carbonyl (C=O) groups is 2. The van der Waals surface area contributed by atoms with Crippen LogP contribution in [0, 0.1) is 23.7 Å². The number of methoxy groups -OCH3 is 2. The Kier molecular flexibility index (Phi) is 19.7. The van der Waals surface area contributed by atoms with Crippen molar-refractivity contribution in [3.05, 3.63) is 23.8 Å². The molecule has 0 heterocycles. The summed E-state index contributed by atoms with van der Waals surface area (Å²) in [7, 11) is 3.20. The highest BCUT2D eigenvalue weighted by Gasteiger charge is 2.29. The van der Waals surface area contributed by atoms with Crippen molar-refractivity contribution in [2.45, 2.75) is 78.9 Å². The van der Waals surface area contributed by atoms with Crippen LogP contribution in [0.25, 0.3) is 0 Å². The Morgan fingerprint density at radius 2 is 1.68 bits per heavy atom. The van der Waals surface area contributed by atoms with Crippen LogP contribution in [0.4, 0.5) is 0 Å². The van der Waals surface area contributed by atoms with E-state index in [9.17, 15) is 14.7 Å². The largest absolute Gasteiger partial charge is 0.493 e. The smallest absolute Gasteiger partial charge is 0.251 e. The minimum absolute atomic E-state index is 0. The summed E-state index contributed by atoms with van der Waals surface area (Å²) in [6, 6.07) is 4.59. The summed E-state index contributed by atoms with van der Waals surface area (Å²) in [6.07, 6.45) is 2.69. The monoisotopic (exact) mass is 587 g/mol. The average Bonchev–Trinajstić information content (AvgIpc) is 2.91. The molecule has 0 aliphatic carbocycles. The highest BCUT2D eigenvalue weighted by atomic mass is 35.5. The molecule has 0 bridgehead atoms. The summed E-state index contributed by atoms with van der Waals surface area (Å²) in [4.78, 5) is 25.6. The van der Waals surface area contributed by atoms with Gasteiger partial charge in [0.2, 0.25) is 5.91 Å². The second-order valence-corrected chi connectivity index (χ2v) is 11.0. The molecule has 0 saturated carbocycles. The molecule has 5 N–H and O–H groups in total. The molecule has 0 saturated heterocycles. The fourth-order valence-corrected chi connectivity index (χ4v) is 4.38. The van der Waals surface area contributed by atoms with E-state index in [0.29, 0.717) is 56.2 Å². The Hall–Kier alpha value is -2.07. The van der Waals surface area contributed by atoms with Crippen molar-refractivity contribution in [2.24, 2.45) is 29.4 Å². The minimum Gasteiger partial charge on any atom is -0.493 e. The predicted octanol–water partition coefficient (Wildman–Crippen LogP) is 4.19. The number of halogens is 1. The minimum atomic E-state index is -0.814. The Balaban J connectivity index is 0.0000152. The van der Waals surface area contributed by atoms with Crippen molar-refractivity contribution in [2.75, 3.05) is 40.5 Å². The molecule has 0 aromatic heterocycles. The summed E-state index contributed by atoms with van der Waals surface area (Å²) >= 11 is 0. The van der Waals surface area contributed by atoms with Crippen LogP contribution in [-0.2, 0) is 9.53 Å². The first-order valence-electron chi connectivity index (χ1n) is 14.3. The summed E-state index contributed by atoms with van der Waals surface area (Å²) < 4.78 is 16.2. The van der Waals surface area contributed by atoms with Gasteiger partial charge in [-0.25, -0.2) is 0 Å². The highest BCUT2D eigenvalue weighted by molar-refractivity contribution is 5.94. The zero-order valence-corrected chi connectivity index (χ0v) is 26.4. The number of carbonyl (C=O) groups excluding carboxylic acids is 2. The second-order valence-electron chi connectivity index (χ2n) is 11.0. The van der Waals surface area contributed by atoms with E-state index >= 15 is 0 Å². The number of ether oxygens (including phenoxy) is 3. The molecule has 40 heavy (non-hydrogen) atoms. The standard InChI is InChI=1S/C30H53N3O6.ClH/c1-8-9-13-32-30(36)24(21(4)5)18-26(34)25(31)16-23(20(2)3)19-33-29(35)22-11-12-27(38-7)28(17-22)39-15-10-14-37-6;/h11-12,17,20-21,23-26,34H,8-10,13-16,18-19,31H2,1-7H3,(H,32,36)(H,33,35);1H/t23-,24+,25+,26+;/m1./s1. The van der Waals surface area contributed by atoms with E-state index in [-0.39, 0.29) is 47.9 Å². The Morgan fingerprint density at radius 1 is 0.975 bits per heavy atom. The van der Waals surface area contributed by atoms with Crippen LogP contribution >= 0.6 is 12.4 Å². The van der Waals surface area contributed by atoms with E-state index in [1.54, 1.807) is 32.4 Å². The number of rotatable bonds is 20. The highest BCUT2D eigenvalue weighted by Crippen LogP contribution is 2.28. The van der Waals surface area contributed by atoms with Gasteiger partial charge in [0.1, 0.15) is 0 Å². The number of aliphatic hydroxyl groups excluding tert-OH is 1. The predicted molar refractivity (Wildman–Crippen MR) is 162 cm³/mol. The summed E-state index contributed by atoms with van der Waals surface area (Å²) in [5, 5.41) is 16.9. The molecular formula is C30H54ClN3O6. The third kappa shape index (κ3) is 13.5. The van der Waals surface area contributed by atoms with Gasteiger partial charge in [-0.15, -0.1) is 12.4 Å². The van der Waals surface area contributed by atoms with Gasteiger partial charge in [-0.2, -0.15) is 0 Å². The number of nitrogens with one attached hydrogen (secondary N) is 2. The van der Waals surface area contributed by atoms with Crippen LogP contribution in [0.1, 0.15) is 77.1 Å². The van der Waals surface area contributed by atoms with Gasteiger partial charge in [0, 0.05) is 50.8 Å². The summed E-state index contributed by atoms with van der Waals surface area (Å²) in [5.41, 5.74) is 6.90. The fraction of sp³-hybridized carbons (Fsp3) is 0.733. The molecule has 0 aliphatic heterocycles. The van der Waals surface area contributed by atoms with Crippen LogP contribution in [0.15, 0.2) is 18.2 Å². The normalized spacial score (nSPS) is 14.2. The number of aliphatic hydroxyl groups is 1. The van der Waals surface area contributed by atoms with Gasteiger partial charge in [-0.05, 0) is 55.2 Å². The number of benzene rings is 1. The van der Waals surface area contributed by atoms with Crippen LogP contribution in [-0.4, -0.2) is 69.6 Å². The second kappa shape index (κ2) is 20.8. The molecule has 0 unspecified atom stereocenters. The molecule has 0 aliphatic rings. The fourth-order valence-electron chi connectivity index (χ4n) is 4.38. The summed E-state index contributed by atoms with van der Waals surface area (Å²) in [5.74, 6) is 0.887. The lowest BCUT2D eigenvalue weighted by Gasteiger charge is -2.30. The molecule has 1 aromatic rings. The van der Waals surface area contributed by atoms with Gasteiger partial charge >= 0.3 is 0 Å². The van der Waals surface area contributed by atoms with Gasteiger partial charge in [0.15, 0.2) is 11.5 Å². The van der Waals surface area contributed by atoms with Gasteiger partial charge in [0.05, 0.1) is 19.8 Å². The molecule has 0 radical (unpaired) electrons. The van der Waals surface area contributed by atoms with Crippen molar-refractivity contribution in [1.82, 2.24) is 10.6 Å². The molecule has 232 valence electrons. The number of amides is 2. The summed E-state index contributed by atoms with van der Waals surface area (Å²) in [6.45, 7) is 12.3. The van der Waals surface area contributed by atoms with Crippen molar-refractivity contribution in [3.8, 4) is 11.5 Å². The van der Waals surface area contributed by atoms with E-state index in [0.717, 1.165) is 19.3 Å². The van der Waals surface area contributed by atoms with Gasteiger partial charge < -0.3 is 35.7 Å². The average molecular weight is 588 g/mol. The molecule has 1 rings (SSSR count). The van der Waals surface area contributed by atoms with Gasteiger partial charge in [-0.3, -0.25) is 9.59 Å². The number of unbranched alkanes of at least 4 members (excludes halogenated alkanes) is 1. The van der Waals surface area contributed by atoms with Crippen LogP contribution in [0.3, 0.4) is 0 Å². The zero-order valence-electron chi connectivity index (χ0n) is 25.5. The molecule has 1 aromatic carbocycles. The van der Waals surface area contributed by atoms with Gasteiger partial charge in [-0.1, -0.05) is 41.0 Å². The molecule has 2 amide bonds. The number of hydrogen-bond donors (Lipinski definition) is 4. The lowest BCUT2D eigenvalue weighted by molar-refractivity contribution is -0.127. The third-order valence-corrected chi connectivity index (χ3v) is 7.18. The molecule has 10 heteroatoms. The van der Waals surface area contributed by atoms with E-state index in [2.05, 4.69) is 31.4 Å². The first-order valence-corrected chi connectivity index (χ1v) is 14.3. The molecule has 9 nitrogen and oxygen atoms in total. The Bertz CT molecular complexity index is 855. The lowest BCUT2D eigenvalue weighted by Crippen LogP contribution is -2.44. The van der Waals surface area contributed by atoms with Crippen molar-refractivity contribution in [1.29, 1.82) is 0 Å². The maximum absolute atomic E-state index is 13.0. The van der Waals surface area contributed by atoms with E-state index in [1.807, 2.05) is 13.8 Å². The lowest BCUT2D eigenvalue weighted by atomic mass is 9.83. The SMILES string of the molecule is CCCCNC(=O)[C@@H](C[C@H](O)[C@@H](N)C[C@H](CNC(=O)c1ccc(OC)c(OCCCOC)c1)C(C)C)C(C)C.Cl. The van der Waals surface area contributed by atoms with E-state index < -0.39 is 12.1 Å². The molecular weight excluding hydrogens is 534 g/mol. The Labute approximate surface area is 247 Å². The Morgan fingerprint density at radius 3 is 2.25 bits per heavy atom. The van der Waals surface area contributed by atoms with Gasteiger partial charge in [0.25, 0.3) is 5.91 Å². The van der Waals surface area contributed by atoms with Crippen molar-refractivity contribution >= 4 is 24.2 Å². The molecule has 4 atom stereocenters. The van der Waals surface area contributed by atoms with Crippen molar-refractivity contribution in [3.63, 3.8) is 0 Å². The van der Waals surface area contributed by atoms with Crippen LogP contribution in [0.2, 0.25) is 0 Å². The van der Waals surface area contributed by atoms with E-state index in [4.69, 9.17) is 19.9 Å². The maximum atomic E-state index is 13.0. The quantitative estimate of drug-likeness (QED) is 0.168. The zero-order chi connectivity index (χ0) is 29.4. The number of hydrogen-bond acceptors (Lipinski definition) is 7. The first-order chi connectivity index (χ1) is 18.5. The topological polar surface area (TPSA) is 132 Å². The first kappa shape index (κ1) is 37.9. The van der Waals surface area contributed by atoms with E-state index in [1.165, 1.54) is 0 Å². The number of nitrogens with two attached hydrogens (primary N) is 1. The third-order valence-electron chi connectivity index (χ3n) is 7.18. The molecule has 0 spiro atoms. The molecule has 0 fully saturated rings.